The SMILES string of the molecule is Cn1ccc(-c2cc(-c3ccc(N4C[C@H]5CN(C(=O)OC(C)(C)C)C[C@H]5C4)nc3)c3c(C#N)cnn3c2)n1. The Labute approximate surface area is 221 Å². The van der Waals surface area contributed by atoms with Gasteiger partial charge in [0.2, 0.25) is 0 Å². The molecule has 38 heavy (non-hydrogen) atoms. The number of ether oxygens (including phenoxy) is 1. The van der Waals surface area contributed by atoms with Gasteiger partial charge in [-0.05, 0) is 45.0 Å². The van der Waals surface area contributed by atoms with Crippen molar-refractivity contribution in [2.24, 2.45) is 18.9 Å². The maximum atomic E-state index is 12.5. The first kappa shape index (κ1) is 24.0. The Hall–Kier alpha value is -4.39. The summed E-state index contributed by atoms with van der Waals surface area (Å²) in [5, 5.41) is 18.6. The number of hydrogen-bond donors (Lipinski definition) is 0. The van der Waals surface area contributed by atoms with Gasteiger partial charge in [-0.2, -0.15) is 15.5 Å². The number of carbonyl (C=O) groups is 1. The highest BCUT2D eigenvalue weighted by Crippen LogP contribution is 2.36. The lowest BCUT2D eigenvalue weighted by Gasteiger charge is -2.26. The zero-order valence-corrected chi connectivity index (χ0v) is 22.0. The molecule has 2 aliphatic rings. The standard InChI is InChI=1S/C28H30N8O2/c1-28(2,3)38-27(37)35-15-21-13-34(14-22(21)16-35)25-6-5-18(11-30-25)23-9-19(24-7-8-33(4)32-24)17-36-26(23)20(10-29)12-31-36/h5-9,11-12,17,21-22H,13-16H2,1-4H3/t21-,22+. The van der Waals surface area contributed by atoms with Gasteiger partial charge in [0.25, 0.3) is 0 Å². The van der Waals surface area contributed by atoms with E-state index in [1.54, 1.807) is 15.4 Å². The first-order valence-corrected chi connectivity index (χ1v) is 12.8. The third-order valence-corrected chi connectivity index (χ3v) is 7.26. The van der Waals surface area contributed by atoms with Crippen molar-refractivity contribution in [1.29, 1.82) is 5.26 Å². The average molecular weight is 511 g/mol. The van der Waals surface area contributed by atoms with E-state index in [1.165, 1.54) is 0 Å². The molecule has 2 saturated heterocycles. The van der Waals surface area contributed by atoms with E-state index < -0.39 is 5.60 Å². The molecule has 0 aromatic carbocycles. The van der Waals surface area contributed by atoms with Crippen LogP contribution >= 0.6 is 0 Å². The molecule has 0 N–H and O–H groups in total. The third kappa shape index (κ3) is 4.34. The van der Waals surface area contributed by atoms with Crippen LogP contribution in [0, 0.1) is 23.2 Å². The molecule has 1 amide bonds. The number of rotatable bonds is 3. The second-order valence-corrected chi connectivity index (χ2v) is 11.2. The predicted octanol–water partition coefficient (Wildman–Crippen LogP) is 3.97. The van der Waals surface area contributed by atoms with Gasteiger partial charge in [0.1, 0.15) is 17.5 Å². The lowest BCUT2D eigenvalue weighted by atomic mass is 10.0. The van der Waals surface area contributed by atoms with Crippen molar-refractivity contribution in [3.05, 3.63) is 54.6 Å². The molecule has 0 saturated carbocycles. The number of nitrogens with zero attached hydrogens (tertiary/aromatic N) is 8. The summed E-state index contributed by atoms with van der Waals surface area (Å²) in [6.45, 7) is 8.83. The van der Waals surface area contributed by atoms with Gasteiger partial charge in [0.15, 0.2) is 0 Å². The number of hydrogen-bond acceptors (Lipinski definition) is 7. The quantitative estimate of drug-likeness (QED) is 0.411. The second-order valence-electron chi connectivity index (χ2n) is 11.2. The molecule has 10 heteroatoms. The lowest BCUT2D eigenvalue weighted by Crippen LogP contribution is -2.37. The normalized spacial score (nSPS) is 19.1. The number of aryl methyl sites for hydroxylation is 1. The molecule has 0 aliphatic carbocycles. The topological polar surface area (TPSA) is 105 Å². The lowest BCUT2D eigenvalue weighted by molar-refractivity contribution is 0.0282. The molecule has 194 valence electrons. The van der Waals surface area contributed by atoms with Crippen molar-refractivity contribution in [3.63, 3.8) is 0 Å². The van der Waals surface area contributed by atoms with Gasteiger partial charge in [-0.3, -0.25) is 4.68 Å². The van der Waals surface area contributed by atoms with Crippen LogP contribution in [0.25, 0.3) is 27.9 Å². The molecule has 6 rings (SSSR count). The summed E-state index contributed by atoms with van der Waals surface area (Å²) in [6.07, 6.45) is 7.02. The summed E-state index contributed by atoms with van der Waals surface area (Å²) in [7, 11) is 1.88. The molecule has 0 bridgehead atoms. The minimum Gasteiger partial charge on any atom is -0.444 e. The Kier molecular flexibility index (Phi) is 5.60. The Morgan fingerprint density at radius 3 is 2.45 bits per heavy atom. The fourth-order valence-corrected chi connectivity index (χ4v) is 5.52. The van der Waals surface area contributed by atoms with E-state index in [1.807, 2.05) is 69.5 Å². The summed E-state index contributed by atoms with van der Waals surface area (Å²) in [4.78, 5) is 21.4. The van der Waals surface area contributed by atoms with Gasteiger partial charge in [0, 0.05) is 80.3 Å². The van der Waals surface area contributed by atoms with Crippen LogP contribution in [-0.2, 0) is 11.8 Å². The van der Waals surface area contributed by atoms with E-state index in [0.29, 0.717) is 30.5 Å². The number of likely N-dealkylation sites (tertiary alicyclic amines) is 1. The monoisotopic (exact) mass is 510 g/mol. The van der Waals surface area contributed by atoms with E-state index in [-0.39, 0.29) is 6.09 Å². The van der Waals surface area contributed by atoms with Gasteiger partial charge in [0.05, 0.1) is 23.0 Å². The molecule has 6 heterocycles. The Bertz CT molecular complexity index is 1540. The van der Waals surface area contributed by atoms with Crippen LogP contribution in [0.15, 0.2) is 49.1 Å². The fraction of sp³-hybridized carbons (Fsp3) is 0.393. The fourth-order valence-electron chi connectivity index (χ4n) is 5.52. The molecule has 2 aliphatic heterocycles. The van der Waals surface area contributed by atoms with Crippen molar-refractivity contribution >= 4 is 17.4 Å². The van der Waals surface area contributed by atoms with Crippen molar-refractivity contribution in [1.82, 2.24) is 29.3 Å². The van der Waals surface area contributed by atoms with E-state index in [9.17, 15) is 10.1 Å². The van der Waals surface area contributed by atoms with Gasteiger partial charge < -0.3 is 14.5 Å². The van der Waals surface area contributed by atoms with Crippen LogP contribution in [0.5, 0.6) is 0 Å². The molecule has 0 unspecified atom stereocenters. The third-order valence-electron chi connectivity index (χ3n) is 7.26. The van der Waals surface area contributed by atoms with Gasteiger partial charge in [-0.15, -0.1) is 0 Å². The van der Waals surface area contributed by atoms with E-state index >= 15 is 0 Å². The highest BCUT2D eigenvalue weighted by atomic mass is 16.6. The molecule has 2 atom stereocenters. The summed E-state index contributed by atoms with van der Waals surface area (Å²) < 4.78 is 9.06. The van der Waals surface area contributed by atoms with E-state index in [4.69, 9.17) is 9.72 Å². The van der Waals surface area contributed by atoms with Crippen LogP contribution in [-0.4, -0.2) is 67.2 Å². The average Bonchev–Trinajstić information content (AvgIpc) is 3.65. The number of aromatic nitrogens is 5. The van der Waals surface area contributed by atoms with Crippen molar-refractivity contribution in [2.75, 3.05) is 31.1 Å². The molecule has 0 spiro atoms. The maximum absolute atomic E-state index is 12.5. The smallest absolute Gasteiger partial charge is 0.410 e. The summed E-state index contributed by atoms with van der Waals surface area (Å²) in [5.41, 5.74) is 4.31. The molecule has 10 nitrogen and oxygen atoms in total. The molecule has 2 fully saturated rings. The zero-order valence-electron chi connectivity index (χ0n) is 22.0. The molecular weight excluding hydrogens is 480 g/mol. The number of amides is 1. The molecular formula is C28H30N8O2. The maximum Gasteiger partial charge on any atom is 0.410 e. The first-order valence-electron chi connectivity index (χ1n) is 12.8. The summed E-state index contributed by atoms with van der Waals surface area (Å²) >= 11 is 0. The largest absolute Gasteiger partial charge is 0.444 e. The predicted molar refractivity (Wildman–Crippen MR) is 142 cm³/mol. The highest BCUT2D eigenvalue weighted by molar-refractivity contribution is 5.87. The molecule has 4 aromatic rings. The Morgan fingerprint density at radius 2 is 1.84 bits per heavy atom. The number of nitriles is 1. The van der Waals surface area contributed by atoms with Crippen molar-refractivity contribution in [2.45, 2.75) is 26.4 Å². The minimum atomic E-state index is -0.486. The number of carbonyl (C=O) groups excluding carboxylic acids is 1. The van der Waals surface area contributed by atoms with Gasteiger partial charge in [-0.1, -0.05) is 0 Å². The van der Waals surface area contributed by atoms with E-state index in [2.05, 4.69) is 27.2 Å². The van der Waals surface area contributed by atoms with Crippen molar-refractivity contribution < 1.29 is 9.53 Å². The van der Waals surface area contributed by atoms with Crippen LogP contribution in [0.1, 0.15) is 26.3 Å². The van der Waals surface area contributed by atoms with Gasteiger partial charge >= 0.3 is 6.09 Å². The number of fused-ring (bicyclic) bond motifs is 2. The molecule has 0 radical (unpaired) electrons. The van der Waals surface area contributed by atoms with Crippen LogP contribution in [0.3, 0.4) is 0 Å². The Balaban J connectivity index is 1.23. The zero-order chi connectivity index (χ0) is 26.6. The first-order chi connectivity index (χ1) is 18.2. The van der Waals surface area contributed by atoms with Crippen LogP contribution in [0.2, 0.25) is 0 Å². The summed E-state index contributed by atoms with van der Waals surface area (Å²) in [5.74, 6) is 1.73. The van der Waals surface area contributed by atoms with Crippen molar-refractivity contribution in [3.8, 4) is 28.5 Å². The van der Waals surface area contributed by atoms with E-state index in [0.717, 1.165) is 46.8 Å². The summed E-state index contributed by atoms with van der Waals surface area (Å²) in [6, 6.07) is 10.3. The minimum absolute atomic E-state index is 0.225. The van der Waals surface area contributed by atoms with Crippen LogP contribution in [0.4, 0.5) is 10.6 Å². The number of pyridine rings is 2. The highest BCUT2D eigenvalue weighted by Gasteiger charge is 2.43. The second kappa shape index (κ2) is 8.87. The number of anilines is 1. The van der Waals surface area contributed by atoms with Crippen LogP contribution < -0.4 is 4.90 Å². The molecule has 4 aromatic heterocycles. The van der Waals surface area contributed by atoms with Gasteiger partial charge in [-0.25, -0.2) is 14.3 Å². The Morgan fingerprint density at radius 1 is 1.08 bits per heavy atom.